The minimum atomic E-state index is -1.29. The summed E-state index contributed by atoms with van der Waals surface area (Å²) in [4.78, 5) is 31.8. The fourth-order valence-electron chi connectivity index (χ4n) is 7.13. The number of aliphatic hydroxyl groups excluding tert-OH is 2. The van der Waals surface area contributed by atoms with Gasteiger partial charge in [0.05, 0.1) is 26.0 Å². The Bertz CT molecular complexity index is 2000. The van der Waals surface area contributed by atoms with Crippen LogP contribution in [0.15, 0.2) is 42.5 Å². The van der Waals surface area contributed by atoms with Gasteiger partial charge in [-0.15, -0.1) is 0 Å². The molecule has 4 aromatic rings. The molecule has 2 heterocycles. The molecule has 2 aliphatic rings. The van der Waals surface area contributed by atoms with Crippen molar-refractivity contribution in [2.24, 2.45) is 7.05 Å². The molecule has 3 aromatic carbocycles. The number of amides is 1. The Morgan fingerprint density at radius 1 is 1.12 bits per heavy atom. The Morgan fingerprint density at radius 2 is 1.87 bits per heavy atom. The molecule has 3 unspecified atom stereocenters. The van der Waals surface area contributed by atoms with Crippen molar-refractivity contribution < 1.29 is 38.8 Å². The van der Waals surface area contributed by atoms with Crippen LogP contribution in [0.5, 0.6) is 11.5 Å². The number of benzene rings is 3. The lowest BCUT2D eigenvalue weighted by Gasteiger charge is -2.30. The molecule has 12 nitrogen and oxygen atoms in total. The summed E-state index contributed by atoms with van der Waals surface area (Å²) in [6.07, 6.45) is 1.61. The molecule has 0 saturated carbocycles. The van der Waals surface area contributed by atoms with Crippen molar-refractivity contribution in [1.82, 2.24) is 19.8 Å². The number of anilines is 1. The number of aromatic nitrogens is 2. The van der Waals surface area contributed by atoms with E-state index in [1.165, 1.54) is 13.2 Å². The van der Waals surface area contributed by atoms with Gasteiger partial charge in [0.2, 0.25) is 0 Å². The third-order valence-corrected chi connectivity index (χ3v) is 10.5. The maximum Gasteiger partial charge on any atom is 0.323 e. The van der Waals surface area contributed by atoms with Crippen LogP contribution in [-0.2, 0) is 37.8 Å². The van der Waals surface area contributed by atoms with Crippen molar-refractivity contribution >= 4 is 29.2 Å². The first-order chi connectivity index (χ1) is 25.0. The van der Waals surface area contributed by atoms with Crippen molar-refractivity contribution in [3.63, 3.8) is 0 Å². The molecule has 0 spiro atoms. The minimum Gasteiger partial charge on any atom is -0.496 e. The minimum absolute atomic E-state index is 0.0118. The third kappa shape index (κ3) is 7.11. The van der Waals surface area contributed by atoms with E-state index in [4.69, 9.17) is 26.1 Å². The average molecular weight is 736 g/mol. The van der Waals surface area contributed by atoms with Crippen LogP contribution in [0.3, 0.4) is 0 Å². The van der Waals surface area contributed by atoms with E-state index in [0.29, 0.717) is 30.9 Å². The number of fused-ring (bicyclic) bond motifs is 2. The van der Waals surface area contributed by atoms with Gasteiger partial charge < -0.3 is 34.7 Å². The molecular formula is C38H43ClFN5O7. The quantitative estimate of drug-likeness (QED) is 0.129. The molecule has 3 atom stereocenters. The van der Waals surface area contributed by atoms with E-state index in [1.54, 1.807) is 0 Å². The number of rotatable bonds is 13. The highest BCUT2D eigenvalue weighted by molar-refractivity contribution is 6.32. The number of carboxylic acids is 1. The van der Waals surface area contributed by atoms with E-state index >= 15 is 4.39 Å². The number of aliphatic carboxylic acids is 1. The molecule has 0 saturated heterocycles. The maximum absolute atomic E-state index is 15.6. The molecule has 1 amide bonds. The van der Waals surface area contributed by atoms with Crippen LogP contribution >= 0.6 is 11.6 Å². The van der Waals surface area contributed by atoms with Crippen molar-refractivity contribution in [1.29, 1.82) is 0 Å². The number of ether oxygens (including phenoxy) is 2. The first-order valence-corrected chi connectivity index (χ1v) is 17.6. The number of carboxylic acid groups (broad SMARTS) is 1. The number of nitrogens with zero attached hydrogens (tertiary/aromatic N) is 3. The fraction of sp³-hybridized carbons (Fsp3) is 0.395. The summed E-state index contributed by atoms with van der Waals surface area (Å²) in [5, 5.41) is 33.6. The lowest BCUT2D eigenvalue weighted by molar-refractivity contribution is -0.140. The summed E-state index contributed by atoms with van der Waals surface area (Å²) in [7, 11) is 3.23. The summed E-state index contributed by atoms with van der Waals surface area (Å²) in [5.41, 5.74) is 7.40. The van der Waals surface area contributed by atoms with Gasteiger partial charge in [0.25, 0.3) is 5.91 Å². The van der Waals surface area contributed by atoms with Gasteiger partial charge in [-0.1, -0.05) is 41.9 Å². The number of carbonyl (C=O) groups is 2. The molecule has 1 aliphatic carbocycles. The molecular weight excluding hydrogens is 693 g/mol. The van der Waals surface area contributed by atoms with Crippen LogP contribution in [0.25, 0.3) is 11.1 Å². The largest absolute Gasteiger partial charge is 0.496 e. The second-order valence-corrected chi connectivity index (χ2v) is 13.6. The van der Waals surface area contributed by atoms with Crippen molar-refractivity contribution in [2.75, 3.05) is 32.2 Å². The van der Waals surface area contributed by atoms with E-state index < -0.39 is 30.5 Å². The fourth-order valence-corrected chi connectivity index (χ4v) is 7.35. The van der Waals surface area contributed by atoms with Crippen molar-refractivity contribution in [3.8, 4) is 22.6 Å². The van der Waals surface area contributed by atoms with Gasteiger partial charge in [-0.3, -0.25) is 19.8 Å². The Hall–Kier alpha value is -4.53. The molecule has 0 fully saturated rings. The lowest BCUT2D eigenvalue weighted by Crippen LogP contribution is -2.39. The van der Waals surface area contributed by atoms with Crippen LogP contribution in [0.4, 0.5) is 10.1 Å². The van der Waals surface area contributed by atoms with E-state index in [9.17, 15) is 24.9 Å². The van der Waals surface area contributed by atoms with E-state index in [0.717, 1.165) is 52.2 Å². The summed E-state index contributed by atoms with van der Waals surface area (Å²) >= 11 is 6.46. The van der Waals surface area contributed by atoms with Crippen LogP contribution in [0.1, 0.15) is 63.7 Å². The predicted molar refractivity (Wildman–Crippen MR) is 193 cm³/mol. The molecule has 0 bridgehead atoms. The second kappa shape index (κ2) is 15.6. The van der Waals surface area contributed by atoms with E-state index in [1.807, 2.05) is 61.9 Å². The Kier molecular flexibility index (Phi) is 11.2. The lowest BCUT2D eigenvalue weighted by atomic mass is 9.93. The zero-order valence-corrected chi connectivity index (χ0v) is 30.3. The average Bonchev–Trinajstić information content (AvgIpc) is 3.71. The Balaban J connectivity index is 1.22. The van der Waals surface area contributed by atoms with Crippen LogP contribution in [0.2, 0.25) is 5.02 Å². The number of hydrogen-bond donors (Lipinski definition) is 5. The first kappa shape index (κ1) is 37.2. The first-order valence-electron chi connectivity index (χ1n) is 17.2. The third-order valence-electron chi connectivity index (χ3n) is 10.2. The van der Waals surface area contributed by atoms with Gasteiger partial charge in [-0.25, -0.2) is 9.37 Å². The predicted octanol–water partition coefficient (Wildman–Crippen LogP) is 4.79. The standard InChI is InChI=1S/C38H43ClFN5O7/c1-20(18-46)45-14-13-30-28(17-45)42-36(44(30)3)37(48)43-27-10-6-7-22(21(27)2)23-8-5-9-25-24(23)11-12-31(25)52-33-15-32(51-4)26(35(40)34(33)39)16-41-29(19-47)38(49)50/h5-10,15,20,29,31,41,46-47H,11-14,16-19H2,1-4H3,(H,43,48)(H,49,50). The summed E-state index contributed by atoms with van der Waals surface area (Å²) in [5.74, 6) is -1.84. The highest BCUT2D eigenvalue weighted by atomic mass is 35.5. The number of hydrogen-bond acceptors (Lipinski definition) is 9. The molecule has 14 heteroatoms. The van der Waals surface area contributed by atoms with Gasteiger partial charge in [0, 0.05) is 62.2 Å². The van der Waals surface area contributed by atoms with Crippen LogP contribution < -0.4 is 20.1 Å². The topological polar surface area (TPSA) is 158 Å². The summed E-state index contributed by atoms with van der Waals surface area (Å²) in [6.45, 7) is 4.45. The smallest absolute Gasteiger partial charge is 0.323 e. The molecule has 276 valence electrons. The van der Waals surface area contributed by atoms with Gasteiger partial charge in [0.15, 0.2) is 11.6 Å². The molecule has 1 aliphatic heterocycles. The zero-order chi connectivity index (χ0) is 37.3. The molecule has 1 aromatic heterocycles. The maximum atomic E-state index is 15.6. The number of methoxy groups -OCH3 is 1. The molecule has 6 rings (SSSR count). The van der Waals surface area contributed by atoms with Gasteiger partial charge in [-0.05, 0) is 60.6 Å². The SMILES string of the molecule is COc1cc(OC2CCc3c(-c4cccc(NC(=O)c5nc6c(n5C)CCN(C(C)CO)C6)c4C)cccc32)c(Cl)c(F)c1CNC(CO)C(=O)O. The number of imidazole rings is 1. The number of nitrogens with one attached hydrogen (secondary N) is 2. The Morgan fingerprint density at radius 3 is 2.58 bits per heavy atom. The van der Waals surface area contributed by atoms with Gasteiger partial charge in [0.1, 0.15) is 28.7 Å². The Labute approximate surface area is 306 Å². The van der Waals surface area contributed by atoms with Gasteiger partial charge in [-0.2, -0.15) is 0 Å². The summed E-state index contributed by atoms with van der Waals surface area (Å²) < 4.78 is 29.2. The number of halogens is 2. The highest BCUT2D eigenvalue weighted by Gasteiger charge is 2.31. The molecule has 52 heavy (non-hydrogen) atoms. The normalized spacial score (nSPS) is 16.6. The second-order valence-electron chi connectivity index (χ2n) is 13.2. The van der Waals surface area contributed by atoms with Crippen LogP contribution in [0, 0.1) is 12.7 Å². The summed E-state index contributed by atoms with van der Waals surface area (Å²) in [6, 6.07) is 12.0. The number of aliphatic hydroxyl groups is 2. The molecule has 5 N–H and O–H groups in total. The van der Waals surface area contributed by atoms with Crippen molar-refractivity contribution in [2.45, 2.75) is 64.4 Å². The van der Waals surface area contributed by atoms with E-state index in [-0.39, 0.29) is 47.2 Å². The van der Waals surface area contributed by atoms with Gasteiger partial charge >= 0.3 is 5.97 Å². The monoisotopic (exact) mass is 735 g/mol. The zero-order valence-electron chi connectivity index (χ0n) is 29.5. The molecule has 0 radical (unpaired) electrons. The van der Waals surface area contributed by atoms with Crippen LogP contribution in [-0.4, -0.2) is 80.6 Å². The van der Waals surface area contributed by atoms with E-state index in [2.05, 4.69) is 15.5 Å². The number of carbonyl (C=O) groups excluding carboxylic acids is 1. The van der Waals surface area contributed by atoms with Crippen molar-refractivity contribution in [3.05, 3.63) is 92.8 Å². The highest BCUT2D eigenvalue weighted by Crippen LogP contribution is 2.44.